The van der Waals surface area contributed by atoms with Crippen LogP contribution in [0.2, 0.25) is 10.0 Å². The van der Waals surface area contributed by atoms with Crippen molar-refractivity contribution in [2.75, 3.05) is 17.2 Å². The second-order valence-corrected chi connectivity index (χ2v) is 5.10. The number of aryl methyl sites for hydroxylation is 1. The van der Waals surface area contributed by atoms with Crippen LogP contribution in [0.15, 0.2) is 36.5 Å². The number of carbonyl (C=O) groups is 1. The van der Waals surface area contributed by atoms with Gasteiger partial charge in [-0.1, -0.05) is 29.3 Å². The quantitative estimate of drug-likeness (QED) is 0.904. The molecule has 0 radical (unpaired) electrons. The molecule has 0 saturated heterocycles. The summed E-state index contributed by atoms with van der Waals surface area (Å²) in [6.45, 7) is 2.07. The van der Waals surface area contributed by atoms with E-state index >= 15 is 0 Å². The van der Waals surface area contributed by atoms with E-state index in [9.17, 15) is 4.79 Å². The molecule has 1 heterocycles. The van der Waals surface area contributed by atoms with Crippen molar-refractivity contribution in [3.05, 3.63) is 52.1 Å². The number of aromatic nitrogens is 1. The highest BCUT2D eigenvalue weighted by Gasteiger charge is 2.05. The summed E-state index contributed by atoms with van der Waals surface area (Å²) >= 11 is 11.6. The van der Waals surface area contributed by atoms with E-state index < -0.39 is 0 Å². The Hall–Kier alpha value is -1.78. The maximum absolute atomic E-state index is 11.8. The standard InChI is InChI=1S/C14H13Cl2N3O/c1-9-2-3-10(15)6-12(9)17-8-14(20)19-13-5-4-11(16)7-18-13/h2-7,17H,8H2,1H3,(H,18,19,20). The van der Waals surface area contributed by atoms with Gasteiger partial charge in [0, 0.05) is 16.9 Å². The van der Waals surface area contributed by atoms with Crippen molar-refractivity contribution < 1.29 is 4.79 Å². The number of amides is 1. The molecule has 104 valence electrons. The van der Waals surface area contributed by atoms with Gasteiger partial charge in [0.15, 0.2) is 0 Å². The average Bonchev–Trinajstić information content (AvgIpc) is 2.42. The highest BCUT2D eigenvalue weighted by atomic mass is 35.5. The van der Waals surface area contributed by atoms with E-state index in [0.717, 1.165) is 11.3 Å². The fourth-order valence-electron chi connectivity index (χ4n) is 1.60. The third kappa shape index (κ3) is 4.11. The van der Waals surface area contributed by atoms with Gasteiger partial charge in [-0.3, -0.25) is 4.79 Å². The van der Waals surface area contributed by atoms with Gasteiger partial charge in [0.2, 0.25) is 5.91 Å². The zero-order chi connectivity index (χ0) is 14.5. The number of rotatable bonds is 4. The van der Waals surface area contributed by atoms with Crippen LogP contribution in [0.4, 0.5) is 11.5 Å². The first-order chi connectivity index (χ1) is 9.54. The van der Waals surface area contributed by atoms with Crippen LogP contribution in [0, 0.1) is 6.92 Å². The average molecular weight is 310 g/mol. The Labute approximate surface area is 127 Å². The molecular weight excluding hydrogens is 297 g/mol. The van der Waals surface area contributed by atoms with Crippen LogP contribution in [0.25, 0.3) is 0 Å². The second kappa shape index (κ2) is 6.59. The Morgan fingerprint density at radius 3 is 2.65 bits per heavy atom. The monoisotopic (exact) mass is 309 g/mol. The molecule has 0 spiro atoms. The van der Waals surface area contributed by atoms with E-state index in [-0.39, 0.29) is 12.5 Å². The lowest BCUT2D eigenvalue weighted by Crippen LogP contribution is -2.22. The van der Waals surface area contributed by atoms with Crippen molar-refractivity contribution in [2.24, 2.45) is 0 Å². The van der Waals surface area contributed by atoms with Crippen molar-refractivity contribution in [2.45, 2.75) is 6.92 Å². The molecule has 0 atom stereocenters. The van der Waals surface area contributed by atoms with Gasteiger partial charge in [-0.2, -0.15) is 0 Å². The maximum atomic E-state index is 11.8. The van der Waals surface area contributed by atoms with Gasteiger partial charge in [-0.05, 0) is 36.8 Å². The minimum absolute atomic E-state index is 0.130. The molecule has 1 aromatic heterocycles. The third-order valence-electron chi connectivity index (χ3n) is 2.63. The minimum Gasteiger partial charge on any atom is -0.376 e. The van der Waals surface area contributed by atoms with Crippen LogP contribution in [-0.2, 0) is 4.79 Å². The van der Waals surface area contributed by atoms with Crippen molar-refractivity contribution in [1.82, 2.24) is 4.98 Å². The normalized spacial score (nSPS) is 10.2. The largest absolute Gasteiger partial charge is 0.376 e. The van der Waals surface area contributed by atoms with Crippen molar-refractivity contribution in [3.63, 3.8) is 0 Å². The van der Waals surface area contributed by atoms with Crippen LogP contribution in [0.5, 0.6) is 0 Å². The minimum atomic E-state index is -0.195. The first-order valence-corrected chi connectivity index (χ1v) is 6.71. The number of nitrogens with one attached hydrogen (secondary N) is 2. The molecule has 0 unspecified atom stereocenters. The highest BCUT2D eigenvalue weighted by molar-refractivity contribution is 6.31. The molecule has 0 aliphatic carbocycles. The Morgan fingerprint density at radius 1 is 1.20 bits per heavy atom. The first kappa shape index (κ1) is 14.6. The molecule has 6 heteroatoms. The zero-order valence-electron chi connectivity index (χ0n) is 10.8. The molecule has 2 rings (SSSR count). The van der Waals surface area contributed by atoms with Crippen molar-refractivity contribution in [3.8, 4) is 0 Å². The van der Waals surface area contributed by atoms with Crippen molar-refractivity contribution in [1.29, 1.82) is 0 Å². The summed E-state index contributed by atoms with van der Waals surface area (Å²) in [6, 6.07) is 8.79. The number of halogens is 2. The molecular formula is C14H13Cl2N3O. The van der Waals surface area contributed by atoms with E-state index in [1.165, 1.54) is 6.20 Å². The van der Waals surface area contributed by atoms with Crippen molar-refractivity contribution >= 4 is 40.6 Å². The summed E-state index contributed by atoms with van der Waals surface area (Å²) in [7, 11) is 0. The summed E-state index contributed by atoms with van der Waals surface area (Å²) in [4.78, 5) is 15.8. The Morgan fingerprint density at radius 2 is 1.95 bits per heavy atom. The fourth-order valence-corrected chi connectivity index (χ4v) is 1.88. The van der Waals surface area contributed by atoms with E-state index in [4.69, 9.17) is 23.2 Å². The number of hydrogen-bond donors (Lipinski definition) is 2. The summed E-state index contributed by atoms with van der Waals surface area (Å²) in [5.41, 5.74) is 1.85. The Bertz CT molecular complexity index is 614. The van der Waals surface area contributed by atoms with Gasteiger partial charge in [-0.25, -0.2) is 4.98 Å². The number of nitrogens with zero attached hydrogens (tertiary/aromatic N) is 1. The van der Waals surface area contributed by atoms with Crippen LogP contribution >= 0.6 is 23.2 Å². The predicted molar refractivity (Wildman–Crippen MR) is 82.6 cm³/mol. The fraction of sp³-hybridized carbons (Fsp3) is 0.143. The molecule has 0 fully saturated rings. The SMILES string of the molecule is Cc1ccc(Cl)cc1NCC(=O)Nc1ccc(Cl)cn1. The smallest absolute Gasteiger partial charge is 0.244 e. The zero-order valence-corrected chi connectivity index (χ0v) is 12.3. The molecule has 0 saturated carbocycles. The summed E-state index contributed by atoms with van der Waals surface area (Å²) in [5, 5.41) is 6.85. The van der Waals surface area contributed by atoms with E-state index in [2.05, 4.69) is 15.6 Å². The molecule has 0 aliphatic heterocycles. The molecule has 2 aromatic rings. The van der Waals surface area contributed by atoms with Crippen LogP contribution < -0.4 is 10.6 Å². The molecule has 4 nitrogen and oxygen atoms in total. The molecule has 1 aromatic carbocycles. The lowest BCUT2D eigenvalue weighted by Gasteiger charge is -2.10. The third-order valence-corrected chi connectivity index (χ3v) is 3.09. The lowest BCUT2D eigenvalue weighted by atomic mass is 10.2. The molecule has 2 N–H and O–H groups in total. The topological polar surface area (TPSA) is 54.0 Å². The molecule has 0 aliphatic rings. The highest BCUT2D eigenvalue weighted by Crippen LogP contribution is 2.19. The van der Waals surface area contributed by atoms with Crippen LogP contribution in [0.1, 0.15) is 5.56 Å². The lowest BCUT2D eigenvalue weighted by molar-refractivity contribution is -0.114. The van der Waals surface area contributed by atoms with E-state index in [1.54, 1.807) is 24.3 Å². The maximum Gasteiger partial charge on any atom is 0.244 e. The number of carbonyl (C=O) groups excluding carboxylic acids is 1. The Balaban J connectivity index is 1.92. The van der Waals surface area contributed by atoms with Gasteiger partial charge in [0.1, 0.15) is 5.82 Å². The van der Waals surface area contributed by atoms with Gasteiger partial charge in [0.05, 0.1) is 11.6 Å². The van der Waals surface area contributed by atoms with Gasteiger partial charge in [0.25, 0.3) is 0 Å². The number of pyridine rings is 1. The van der Waals surface area contributed by atoms with Gasteiger partial charge < -0.3 is 10.6 Å². The second-order valence-electron chi connectivity index (χ2n) is 4.22. The summed E-state index contributed by atoms with van der Waals surface area (Å²) in [5.74, 6) is 0.267. The molecule has 20 heavy (non-hydrogen) atoms. The number of hydrogen-bond acceptors (Lipinski definition) is 3. The van der Waals surface area contributed by atoms with E-state index in [1.807, 2.05) is 13.0 Å². The van der Waals surface area contributed by atoms with Crippen LogP contribution in [-0.4, -0.2) is 17.4 Å². The number of benzene rings is 1. The first-order valence-electron chi connectivity index (χ1n) is 5.96. The summed E-state index contributed by atoms with van der Waals surface area (Å²) in [6.07, 6.45) is 1.48. The van der Waals surface area contributed by atoms with E-state index in [0.29, 0.717) is 15.9 Å². The number of anilines is 2. The molecule has 0 bridgehead atoms. The molecule has 1 amide bonds. The van der Waals surface area contributed by atoms with Gasteiger partial charge in [-0.15, -0.1) is 0 Å². The van der Waals surface area contributed by atoms with Crippen LogP contribution in [0.3, 0.4) is 0 Å². The Kier molecular flexibility index (Phi) is 4.82. The summed E-state index contributed by atoms with van der Waals surface area (Å²) < 4.78 is 0. The van der Waals surface area contributed by atoms with Gasteiger partial charge >= 0.3 is 0 Å². The predicted octanol–water partition coefficient (Wildman–Crippen LogP) is 3.75.